The van der Waals surface area contributed by atoms with Gasteiger partial charge < -0.3 is 9.47 Å². The van der Waals surface area contributed by atoms with Gasteiger partial charge in [-0.2, -0.15) is 4.98 Å². The summed E-state index contributed by atoms with van der Waals surface area (Å²) in [6, 6.07) is 1.74. The first kappa shape index (κ1) is 11.7. The molecule has 0 N–H and O–H groups in total. The van der Waals surface area contributed by atoms with Crippen molar-refractivity contribution in [3.63, 3.8) is 0 Å². The van der Waals surface area contributed by atoms with Crippen molar-refractivity contribution in [3.05, 3.63) is 18.0 Å². The van der Waals surface area contributed by atoms with Gasteiger partial charge in [-0.25, -0.2) is 4.98 Å². The molecule has 0 amide bonds. The van der Waals surface area contributed by atoms with Crippen LogP contribution in [0.1, 0.15) is 26.5 Å². The maximum Gasteiger partial charge on any atom is 0.240 e. The van der Waals surface area contributed by atoms with E-state index in [0.29, 0.717) is 17.5 Å². The van der Waals surface area contributed by atoms with Crippen LogP contribution >= 0.6 is 0 Å². The van der Waals surface area contributed by atoms with Gasteiger partial charge in [0.2, 0.25) is 17.5 Å². The van der Waals surface area contributed by atoms with Gasteiger partial charge in [0.15, 0.2) is 0 Å². The van der Waals surface area contributed by atoms with Gasteiger partial charge in [0, 0.05) is 11.6 Å². The predicted molar refractivity (Wildman–Crippen MR) is 64.8 cm³/mol. The second-order valence-corrected chi connectivity index (χ2v) is 4.89. The van der Waals surface area contributed by atoms with E-state index in [4.69, 9.17) is 9.47 Å². The van der Waals surface area contributed by atoms with Gasteiger partial charge in [0.25, 0.3) is 0 Å². The smallest absolute Gasteiger partial charge is 0.240 e. The number of ether oxygens (including phenoxy) is 2. The Morgan fingerprint density at radius 1 is 1.12 bits per heavy atom. The zero-order valence-electron chi connectivity index (χ0n) is 10.8. The first-order valence-electron chi connectivity index (χ1n) is 5.44. The third kappa shape index (κ3) is 2.05. The van der Waals surface area contributed by atoms with Gasteiger partial charge in [0.05, 0.1) is 26.0 Å². The molecule has 92 valence electrons. The zero-order valence-corrected chi connectivity index (χ0v) is 10.8. The van der Waals surface area contributed by atoms with Crippen LogP contribution in [-0.4, -0.2) is 28.6 Å². The maximum atomic E-state index is 5.30. The van der Waals surface area contributed by atoms with E-state index in [1.807, 2.05) is 10.6 Å². The standard InChI is InChI=1S/C12H17N3O2/c1-12(2,3)8-7-15-10(17-5)6-9(16-4)14-11(15)13-8/h6-7H,1-5H3. The SMILES string of the molecule is COc1cc(OC)n2cc(C(C)(C)C)nc2n1. The molecule has 0 aliphatic heterocycles. The number of nitrogens with zero attached hydrogens (tertiary/aromatic N) is 3. The Morgan fingerprint density at radius 2 is 1.82 bits per heavy atom. The first-order chi connectivity index (χ1) is 7.95. The Hall–Kier alpha value is -1.78. The lowest BCUT2D eigenvalue weighted by atomic mass is 9.93. The van der Waals surface area contributed by atoms with Crippen LogP contribution in [0.5, 0.6) is 11.8 Å². The topological polar surface area (TPSA) is 48.7 Å². The fraction of sp³-hybridized carbons (Fsp3) is 0.500. The van der Waals surface area contributed by atoms with Crippen LogP contribution in [0.25, 0.3) is 5.78 Å². The molecular weight excluding hydrogens is 218 g/mol. The Balaban J connectivity index is 2.67. The summed E-state index contributed by atoms with van der Waals surface area (Å²) in [7, 11) is 3.19. The molecule has 0 spiro atoms. The number of imidazole rings is 1. The Bertz CT molecular complexity index is 540. The molecule has 17 heavy (non-hydrogen) atoms. The molecule has 2 rings (SSSR count). The monoisotopic (exact) mass is 235 g/mol. The summed E-state index contributed by atoms with van der Waals surface area (Å²) in [5, 5.41) is 0. The minimum atomic E-state index is -0.0219. The van der Waals surface area contributed by atoms with Crippen LogP contribution in [0.3, 0.4) is 0 Å². The van der Waals surface area contributed by atoms with Crippen molar-refractivity contribution in [2.75, 3.05) is 14.2 Å². The van der Waals surface area contributed by atoms with E-state index in [9.17, 15) is 0 Å². The van der Waals surface area contributed by atoms with E-state index in [0.717, 1.165) is 5.69 Å². The van der Waals surface area contributed by atoms with Gasteiger partial charge in [-0.05, 0) is 0 Å². The van der Waals surface area contributed by atoms with Gasteiger partial charge in [-0.3, -0.25) is 4.40 Å². The summed E-state index contributed by atoms with van der Waals surface area (Å²) < 4.78 is 12.2. The van der Waals surface area contributed by atoms with Crippen molar-refractivity contribution in [2.45, 2.75) is 26.2 Å². The number of aromatic nitrogens is 3. The lowest BCUT2D eigenvalue weighted by Crippen LogP contribution is -2.11. The average Bonchev–Trinajstić information content (AvgIpc) is 2.70. The number of methoxy groups -OCH3 is 2. The van der Waals surface area contributed by atoms with Crippen LogP contribution < -0.4 is 9.47 Å². The number of fused-ring (bicyclic) bond motifs is 1. The van der Waals surface area contributed by atoms with Crippen LogP contribution in [0.15, 0.2) is 12.3 Å². The molecule has 0 saturated carbocycles. The Kier molecular flexibility index (Phi) is 2.69. The molecule has 0 aliphatic carbocycles. The highest BCUT2D eigenvalue weighted by molar-refractivity contribution is 5.41. The molecule has 5 nitrogen and oxygen atoms in total. The van der Waals surface area contributed by atoms with Crippen LogP contribution in [0, 0.1) is 0 Å². The Labute approximate surface area is 100 Å². The molecule has 0 radical (unpaired) electrons. The second-order valence-electron chi connectivity index (χ2n) is 4.89. The molecule has 0 aromatic carbocycles. The molecule has 2 heterocycles. The largest absolute Gasteiger partial charge is 0.482 e. The minimum Gasteiger partial charge on any atom is -0.482 e. The number of hydrogen-bond donors (Lipinski definition) is 0. The number of hydrogen-bond acceptors (Lipinski definition) is 4. The molecular formula is C12H17N3O2. The molecule has 0 atom stereocenters. The van der Waals surface area contributed by atoms with Gasteiger partial charge in [-0.15, -0.1) is 0 Å². The lowest BCUT2D eigenvalue weighted by Gasteiger charge is -2.13. The van der Waals surface area contributed by atoms with E-state index in [-0.39, 0.29) is 5.41 Å². The summed E-state index contributed by atoms with van der Waals surface area (Å²) in [6.07, 6.45) is 1.95. The van der Waals surface area contributed by atoms with Gasteiger partial charge in [-0.1, -0.05) is 20.8 Å². The third-order valence-electron chi connectivity index (χ3n) is 2.57. The summed E-state index contributed by atoms with van der Waals surface area (Å²) in [6.45, 7) is 6.33. The maximum absolute atomic E-state index is 5.30. The minimum absolute atomic E-state index is 0.0219. The van der Waals surface area contributed by atoms with E-state index in [1.165, 1.54) is 0 Å². The van der Waals surface area contributed by atoms with Gasteiger partial charge in [0.1, 0.15) is 0 Å². The molecule has 2 aromatic rings. The summed E-state index contributed by atoms with van der Waals surface area (Å²) >= 11 is 0. The van der Waals surface area contributed by atoms with E-state index >= 15 is 0 Å². The van der Waals surface area contributed by atoms with Crippen molar-refractivity contribution in [2.24, 2.45) is 0 Å². The van der Waals surface area contributed by atoms with E-state index < -0.39 is 0 Å². The van der Waals surface area contributed by atoms with Gasteiger partial charge >= 0.3 is 0 Å². The average molecular weight is 235 g/mol. The second kappa shape index (κ2) is 3.91. The quantitative estimate of drug-likeness (QED) is 0.799. The highest BCUT2D eigenvalue weighted by Crippen LogP contribution is 2.25. The molecule has 0 bridgehead atoms. The molecule has 0 saturated heterocycles. The van der Waals surface area contributed by atoms with Crippen LogP contribution in [0.2, 0.25) is 0 Å². The molecule has 0 unspecified atom stereocenters. The van der Waals surface area contributed by atoms with E-state index in [1.54, 1.807) is 20.3 Å². The molecule has 0 aliphatic rings. The van der Waals surface area contributed by atoms with Crippen molar-refractivity contribution >= 4 is 5.78 Å². The van der Waals surface area contributed by atoms with Crippen molar-refractivity contribution in [3.8, 4) is 11.8 Å². The molecule has 0 fully saturated rings. The fourth-order valence-electron chi connectivity index (χ4n) is 1.54. The first-order valence-corrected chi connectivity index (χ1v) is 5.44. The third-order valence-corrected chi connectivity index (χ3v) is 2.57. The van der Waals surface area contributed by atoms with Crippen molar-refractivity contribution in [1.82, 2.24) is 14.4 Å². The molecule has 2 aromatic heterocycles. The number of rotatable bonds is 2. The van der Waals surface area contributed by atoms with Crippen LogP contribution in [0.4, 0.5) is 0 Å². The molecule has 5 heteroatoms. The summed E-state index contributed by atoms with van der Waals surface area (Å²) in [4.78, 5) is 8.78. The lowest BCUT2D eigenvalue weighted by molar-refractivity contribution is 0.369. The normalized spacial score (nSPS) is 11.8. The zero-order chi connectivity index (χ0) is 12.6. The highest BCUT2D eigenvalue weighted by Gasteiger charge is 2.19. The fourth-order valence-corrected chi connectivity index (χ4v) is 1.54. The van der Waals surface area contributed by atoms with Crippen molar-refractivity contribution < 1.29 is 9.47 Å². The van der Waals surface area contributed by atoms with Crippen molar-refractivity contribution in [1.29, 1.82) is 0 Å². The van der Waals surface area contributed by atoms with Crippen LogP contribution in [-0.2, 0) is 5.41 Å². The highest BCUT2D eigenvalue weighted by atomic mass is 16.5. The Morgan fingerprint density at radius 3 is 2.35 bits per heavy atom. The summed E-state index contributed by atoms with van der Waals surface area (Å²) in [5.41, 5.74) is 0.947. The summed E-state index contributed by atoms with van der Waals surface area (Å²) in [5.74, 6) is 1.75. The van der Waals surface area contributed by atoms with E-state index in [2.05, 4.69) is 30.7 Å². The predicted octanol–water partition coefficient (Wildman–Crippen LogP) is 2.04.